The van der Waals surface area contributed by atoms with E-state index in [1.54, 1.807) is 0 Å². The number of ether oxygens (including phenoxy) is 1. The molecule has 0 spiro atoms. The van der Waals surface area contributed by atoms with Crippen molar-refractivity contribution in [3.8, 4) is 5.75 Å². The van der Waals surface area contributed by atoms with Crippen LogP contribution in [0.25, 0.3) is 0 Å². The van der Waals surface area contributed by atoms with Gasteiger partial charge in [-0.2, -0.15) is 0 Å². The van der Waals surface area contributed by atoms with Crippen molar-refractivity contribution in [2.45, 2.75) is 24.7 Å². The van der Waals surface area contributed by atoms with Crippen LogP contribution in [0.2, 0.25) is 0 Å². The molecule has 1 saturated heterocycles. The van der Waals surface area contributed by atoms with Crippen LogP contribution in [0.4, 0.5) is 0 Å². The molecule has 4 rings (SSSR count). The largest absolute Gasteiger partial charge is 0.485 e. The molecular formula is C21H26N2O2. The number of nitrogens with zero attached hydrogens (tertiary/aromatic N) is 2. The second-order valence-corrected chi connectivity index (χ2v) is 7.14. The van der Waals surface area contributed by atoms with Crippen molar-refractivity contribution < 1.29 is 9.84 Å². The van der Waals surface area contributed by atoms with E-state index in [-0.39, 0.29) is 12.1 Å². The first-order chi connectivity index (χ1) is 12.2. The van der Waals surface area contributed by atoms with Crippen LogP contribution >= 0.6 is 0 Å². The lowest BCUT2D eigenvalue weighted by molar-refractivity contribution is 0.0103. The summed E-state index contributed by atoms with van der Waals surface area (Å²) in [5.74, 6) is 0.806. The summed E-state index contributed by atoms with van der Waals surface area (Å²) < 4.78 is 6.36. The molecule has 2 aromatic rings. The van der Waals surface area contributed by atoms with Crippen molar-refractivity contribution >= 4 is 0 Å². The topological polar surface area (TPSA) is 35.9 Å². The van der Waals surface area contributed by atoms with Gasteiger partial charge in [-0.1, -0.05) is 48.5 Å². The molecular weight excluding hydrogens is 312 g/mol. The zero-order chi connectivity index (χ0) is 17.2. The SMILES string of the molecule is CN1CCN(C2CC(c3ccccc3)Oc3ccccc3C2O)CC1. The number of para-hydroxylation sites is 1. The lowest BCUT2D eigenvalue weighted by atomic mass is 9.94. The van der Waals surface area contributed by atoms with E-state index in [1.165, 1.54) is 5.56 Å². The molecule has 4 nitrogen and oxygen atoms in total. The fraction of sp³-hybridized carbons (Fsp3) is 0.429. The van der Waals surface area contributed by atoms with E-state index in [0.29, 0.717) is 0 Å². The molecule has 0 aromatic heterocycles. The first-order valence-electron chi connectivity index (χ1n) is 9.13. The Bertz CT molecular complexity index is 698. The summed E-state index contributed by atoms with van der Waals surface area (Å²) in [4.78, 5) is 4.78. The fourth-order valence-electron chi connectivity index (χ4n) is 3.96. The van der Waals surface area contributed by atoms with Crippen LogP contribution < -0.4 is 4.74 Å². The van der Waals surface area contributed by atoms with Crippen LogP contribution in [-0.2, 0) is 0 Å². The minimum atomic E-state index is -0.520. The zero-order valence-electron chi connectivity index (χ0n) is 14.7. The maximum absolute atomic E-state index is 11.1. The number of hydrogen-bond donors (Lipinski definition) is 1. The van der Waals surface area contributed by atoms with Gasteiger partial charge in [-0.25, -0.2) is 0 Å². The van der Waals surface area contributed by atoms with Gasteiger partial charge in [0, 0.05) is 44.2 Å². The molecule has 2 aliphatic heterocycles. The first kappa shape index (κ1) is 16.6. The van der Waals surface area contributed by atoms with Crippen molar-refractivity contribution in [3.05, 3.63) is 65.7 Å². The normalized spacial score (nSPS) is 28.0. The number of benzene rings is 2. The molecule has 0 amide bonds. The number of piperazine rings is 1. The number of rotatable bonds is 2. The van der Waals surface area contributed by atoms with Gasteiger partial charge < -0.3 is 14.7 Å². The molecule has 2 aromatic carbocycles. The van der Waals surface area contributed by atoms with Gasteiger partial charge in [-0.3, -0.25) is 4.90 Å². The summed E-state index contributed by atoms with van der Waals surface area (Å²) in [6, 6.07) is 18.4. The van der Waals surface area contributed by atoms with E-state index in [4.69, 9.17) is 4.74 Å². The Kier molecular flexibility index (Phi) is 4.75. The monoisotopic (exact) mass is 338 g/mol. The minimum Gasteiger partial charge on any atom is -0.485 e. The van der Waals surface area contributed by atoms with Crippen molar-refractivity contribution in [2.75, 3.05) is 33.2 Å². The molecule has 4 heteroatoms. The molecule has 132 valence electrons. The number of aliphatic hydroxyl groups is 1. The van der Waals surface area contributed by atoms with Gasteiger partial charge in [0.05, 0.1) is 6.10 Å². The number of fused-ring (bicyclic) bond motifs is 1. The molecule has 0 aliphatic carbocycles. The number of aliphatic hydroxyl groups excluding tert-OH is 1. The Balaban J connectivity index is 1.68. The molecule has 25 heavy (non-hydrogen) atoms. The van der Waals surface area contributed by atoms with E-state index in [9.17, 15) is 5.11 Å². The van der Waals surface area contributed by atoms with Crippen molar-refractivity contribution in [1.29, 1.82) is 0 Å². The molecule has 2 heterocycles. The van der Waals surface area contributed by atoms with Crippen molar-refractivity contribution in [1.82, 2.24) is 9.80 Å². The highest BCUT2D eigenvalue weighted by Gasteiger charge is 2.36. The van der Waals surface area contributed by atoms with Crippen LogP contribution in [0.3, 0.4) is 0 Å². The van der Waals surface area contributed by atoms with Gasteiger partial charge in [0.1, 0.15) is 11.9 Å². The summed E-state index contributed by atoms with van der Waals surface area (Å²) in [6.45, 7) is 4.06. The Hall–Kier alpha value is -1.88. The minimum absolute atomic E-state index is 0.0378. The highest BCUT2D eigenvalue weighted by atomic mass is 16.5. The molecule has 3 unspecified atom stereocenters. The summed E-state index contributed by atoms with van der Waals surface area (Å²) in [5.41, 5.74) is 2.08. The van der Waals surface area contributed by atoms with Gasteiger partial charge in [-0.15, -0.1) is 0 Å². The van der Waals surface area contributed by atoms with Gasteiger partial charge >= 0.3 is 0 Å². The van der Waals surface area contributed by atoms with Crippen LogP contribution in [0, 0.1) is 0 Å². The van der Waals surface area contributed by atoms with E-state index >= 15 is 0 Å². The second-order valence-electron chi connectivity index (χ2n) is 7.14. The van der Waals surface area contributed by atoms with E-state index < -0.39 is 6.10 Å². The van der Waals surface area contributed by atoms with Crippen LogP contribution in [-0.4, -0.2) is 54.2 Å². The van der Waals surface area contributed by atoms with Gasteiger partial charge in [0.2, 0.25) is 0 Å². The standard InChI is InChI=1S/C21H26N2O2/c1-22-11-13-23(14-12-22)18-15-20(16-7-3-2-4-8-16)25-19-10-6-5-9-17(19)21(18)24/h2-10,18,20-21,24H,11-15H2,1H3. The molecule has 0 saturated carbocycles. The van der Waals surface area contributed by atoms with Gasteiger partial charge in [-0.05, 0) is 18.7 Å². The number of likely N-dealkylation sites (N-methyl/N-ethyl adjacent to an activating group) is 1. The fourth-order valence-corrected chi connectivity index (χ4v) is 3.96. The van der Waals surface area contributed by atoms with E-state index in [0.717, 1.165) is 43.9 Å². The van der Waals surface area contributed by atoms with Crippen molar-refractivity contribution in [3.63, 3.8) is 0 Å². The Labute approximate surface area is 149 Å². The lowest BCUT2D eigenvalue weighted by Crippen LogP contribution is -2.51. The Morgan fingerprint density at radius 2 is 1.60 bits per heavy atom. The third-order valence-electron chi connectivity index (χ3n) is 5.51. The average Bonchev–Trinajstić information content (AvgIpc) is 2.80. The molecule has 0 bridgehead atoms. The number of hydrogen-bond acceptors (Lipinski definition) is 4. The average molecular weight is 338 g/mol. The first-order valence-corrected chi connectivity index (χ1v) is 9.13. The predicted molar refractivity (Wildman–Crippen MR) is 98.7 cm³/mol. The van der Waals surface area contributed by atoms with Crippen LogP contribution in [0.1, 0.15) is 29.8 Å². The summed E-state index contributed by atoms with van der Waals surface area (Å²) >= 11 is 0. The summed E-state index contributed by atoms with van der Waals surface area (Å²) in [5, 5.41) is 11.1. The summed E-state index contributed by atoms with van der Waals surface area (Å²) in [7, 11) is 2.16. The molecule has 0 radical (unpaired) electrons. The molecule has 1 fully saturated rings. The van der Waals surface area contributed by atoms with Crippen LogP contribution in [0.5, 0.6) is 5.75 Å². The van der Waals surface area contributed by atoms with E-state index in [1.807, 2.05) is 30.3 Å². The quantitative estimate of drug-likeness (QED) is 0.913. The Morgan fingerprint density at radius 3 is 2.36 bits per heavy atom. The van der Waals surface area contributed by atoms with Gasteiger partial charge in [0.15, 0.2) is 0 Å². The zero-order valence-corrected chi connectivity index (χ0v) is 14.7. The molecule has 1 N–H and O–H groups in total. The third kappa shape index (κ3) is 3.43. The highest BCUT2D eigenvalue weighted by molar-refractivity contribution is 5.38. The Morgan fingerprint density at radius 1 is 0.920 bits per heavy atom. The smallest absolute Gasteiger partial charge is 0.126 e. The molecule has 3 atom stereocenters. The third-order valence-corrected chi connectivity index (χ3v) is 5.51. The van der Waals surface area contributed by atoms with Crippen LogP contribution in [0.15, 0.2) is 54.6 Å². The highest BCUT2D eigenvalue weighted by Crippen LogP contribution is 2.40. The predicted octanol–water partition coefficient (Wildman–Crippen LogP) is 2.86. The van der Waals surface area contributed by atoms with E-state index in [2.05, 4.69) is 41.1 Å². The summed E-state index contributed by atoms with van der Waals surface area (Å²) in [6.07, 6.45) is 0.237. The second kappa shape index (κ2) is 7.16. The maximum Gasteiger partial charge on any atom is 0.126 e. The molecule has 2 aliphatic rings. The van der Waals surface area contributed by atoms with Crippen molar-refractivity contribution in [2.24, 2.45) is 0 Å². The van der Waals surface area contributed by atoms with Gasteiger partial charge in [0.25, 0.3) is 0 Å². The maximum atomic E-state index is 11.1. The lowest BCUT2D eigenvalue weighted by Gasteiger charge is -2.40.